The maximum Gasteiger partial charge on any atom is 0.337 e. The third-order valence-electron chi connectivity index (χ3n) is 3.21. The summed E-state index contributed by atoms with van der Waals surface area (Å²) in [5.41, 5.74) is 6.26. The minimum atomic E-state index is -1.02. The fourth-order valence-corrected chi connectivity index (χ4v) is 2.18. The molecule has 0 aliphatic carbocycles. The molecule has 2 heterocycles. The van der Waals surface area contributed by atoms with Crippen LogP contribution < -0.4 is 11.1 Å². The number of carboxylic acids is 1. The molecule has 0 aromatic carbocycles. The van der Waals surface area contributed by atoms with Crippen molar-refractivity contribution in [2.24, 2.45) is 5.92 Å². The van der Waals surface area contributed by atoms with Gasteiger partial charge < -0.3 is 21.1 Å². The lowest BCUT2D eigenvalue weighted by atomic mass is 10.1. The van der Waals surface area contributed by atoms with E-state index in [9.17, 15) is 4.79 Å². The molecule has 1 aromatic heterocycles. The van der Waals surface area contributed by atoms with E-state index in [4.69, 9.17) is 10.8 Å². The molecular weight excluding hydrogens is 232 g/mol. The first-order chi connectivity index (χ1) is 8.56. The van der Waals surface area contributed by atoms with E-state index in [0.29, 0.717) is 17.4 Å². The van der Waals surface area contributed by atoms with E-state index in [1.54, 1.807) is 0 Å². The quantitative estimate of drug-likeness (QED) is 0.729. The van der Waals surface area contributed by atoms with Crippen molar-refractivity contribution in [3.05, 3.63) is 17.8 Å². The first-order valence-corrected chi connectivity index (χ1v) is 5.97. The van der Waals surface area contributed by atoms with Gasteiger partial charge in [-0.05, 0) is 32.0 Å². The predicted molar refractivity (Wildman–Crippen MR) is 69.7 cm³/mol. The molecule has 18 heavy (non-hydrogen) atoms. The Hall–Kier alpha value is -1.82. The summed E-state index contributed by atoms with van der Waals surface area (Å²) in [6, 6.07) is 1.43. The number of hydrogen-bond donors (Lipinski definition) is 3. The van der Waals surface area contributed by atoms with Gasteiger partial charge in [-0.2, -0.15) is 0 Å². The summed E-state index contributed by atoms with van der Waals surface area (Å²) < 4.78 is 0. The van der Waals surface area contributed by atoms with Crippen molar-refractivity contribution < 1.29 is 9.90 Å². The number of nitrogens with zero attached hydrogens (tertiary/aromatic N) is 2. The first-order valence-electron chi connectivity index (χ1n) is 5.97. The Bertz CT molecular complexity index is 450. The molecule has 98 valence electrons. The predicted octanol–water partition coefficient (Wildman–Crippen LogP) is 0.726. The van der Waals surface area contributed by atoms with Gasteiger partial charge in [0.25, 0.3) is 0 Å². The number of nitrogens with one attached hydrogen (secondary N) is 1. The average Bonchev–Trinajstić information content (AvgIpc) is 2.73. The van der Waals surface area contributed by atoms with Gasteiger partial charge in [-0.25, -0.2) is 9.78 Å². The van der Waals surface area contributed by atoms with Crippen LogP contribution in [0.5, 0.6) is 0 Å². The van der Waals surface area contributed by atoms with Crippen molar-refractivity contribution in [1.29, 1.82) is 0 Å². The van der Waals surface area contributed by atoms with Gasteiger partial charge >= 0.3 is 5.97 Å². The highest BCUT2D eigenvalue weighted by molar-refractivity contribution is 5.89. The van der Waals surface area contributed by atoms with Crippen LogP contribution >= 0.6 is 0 Å². The smallest absolute Gasteiger partial charge is 0.337 e. The fourth-order valence-electron chi connectivity index (χ4n) is 2.18. The molecule has 6 nitrogen and oxygen atoms in total. The highest BCUT2D eigenvalue weighted by Crippen LogP contribution is 2.19. The Kier molecular flexibility index (Phi) is 3.66. The van der Waals surface area contributed by atoms with Crippen molar-refractivity contribution in [1.82, 2.24) is 9.88 Å². The minimum absolute atomic E-state index is 0.110. The molecular formula is C12H18N4O2. The second-order valence-corrected chi connectivity index (χ2v) is 4.76. The van der Waals surface area contributed by atoms with Gasteiger partial charge in [0.2, 0.25) is 0 Å². The lowest BCUT2D eigenvalue weighted by Gasteiger charge is -2.13. The van der Waals surface area contributed by atoms with Crippen LogP contribution in [0.15, 0.2) is 12.3 Å². The summed E-state index contributed by atoms with van der Waals surface area (Å²) in [5, 5.41) is 12.0. The van der Waals surface area contributed by atoms with Crippen LogP contribution in [0.2, 0.25) is 0 Å². The molecule has 1 fully saturated rings. The van der Waals surface area contributed by atoms with Crippen LogP contribution in [0.3, 0.4) is 0 Å². The first kappa shape index (κ1) is 12.6. The van der Waals surface area contributed by atoms with E-state index in [0.717, 1.165) is 26.1 Å². The highest BCUT2D eigenvalue weighted by atomic mass is 16.4. The van der Waals surface area contributed by atoms with Crippen LogP contribution in [0.4, 0.5) is 11.5 Å². The SMILES string of the molecule is CN1CCC(CNc2ncc(C(=O)O)cc2N)C1. The molecule has 1 aliphatic rings. The van der Waals surface area contributed by atoms with Crippen LogP contribution in [-0.4, -0.2) is 47.6 Å². The molecule has 1 saturated heterocycles. The number of carbonyl (C=O) groups is 1. The number of likely N-dealkylation sites (tertiary alicyclic amines) is 1. The molecule has 6 heteroatoms. The molecule has 1 aromatic rings. The van der Waals surface area contributed by atoms with E-state index < -0.39 is 5.97 Å². The number of aromatic carboxylic acids is 1. The summed E-state index contributed by atoms with van der Waals surface area (Å²) in [5.74, 6) is 0.142. The summed E-state index contributed by atoms with van der Waals surface area (Å²) in [6.07, 6.45) is 2.48. The molecule has 0 saturated carbocycles. The number of pyridine rings is 1. The molecule has 1 aliphatic heterocycles. The number of hydrogen-bond acceptors (Lipinski definition) is 5. The van der Waals surface area contributed by atoms with E-state index in [1.807, 2.05) is 0 Å². The maximum absolute atomic E-state index is 10.7. The normalized spacial score (nSPS) is 19.9. The van der Waals surface area contributed by atoms with Crippen molar-refractivity contribution in [2.45, 2.75) is 6.42 Å². The largest absolute Gasteiger partial charge is 0.478 e. The Balaban J connectivity index is 1.95. The number of nitrogens with two attached hydrogens (primary N) is 1. The number of carboxylic acid groups (broad SMARTS) is 1. The number of nitrogen functional groups attached to an aromatic ring is 1. The van der Waals surface area contributed by atoms with Crippen LogP contribution in [0.25, 0.3) is 0 Å². The zero-order valence-corrected chi connectivity index (χ0v) is 10.4. The number of rotatable bonds is 4. The molecule has 1 unspecified atom stereocenters. The molecule has 2 rings (SSSR count). The van der Waals surface area contributed by atoms with Crippen molar-refractivity contribution in [2.75, 3.05) is 37.7 Å². The standard InChI is InChI=1S/C12H18N4O2/c1-16-3-2-8(7-16)5-14-11-10(13)4-9(6-15-11)12(17)18/h4,6,8H,2-3,5,7,13H2,1H3,(H,14,15)(H,17,18). The molecule has 0 spiro atoms. The molecule has 1 atom stereocenters. The third kappa shape index (κ3) is 2.89. The van der Waals surface area contributed by atoms with Crippen LogP contribution in [-0.2, 0) is 0 Å². The van der Waals surface area contributed by atoms with Crippen molar-refractivity contribution in [3.8, 4) is 0 Å². The summed E-state index contributed by atoms with van der Waals surface area (Å²) in [4.78, 5) is 17.1. The van der Waals surface area contributed by atoms with Gasteiger partial charge in [0.15, 0.2) is 0 Å². The molecule has 0 bridgehead atoms. The molecule has 0 radical (unpaired) electrons. The van der Waals surface area contributed by atoms with Crippen LogP contribution in [0.1, 0.15) is 16.8 Å². The van der Waals surface area contributed by atoms with Gasteiger partial charge in [0, 0.05) is 19.3 Å². The Labute approximate surface area is 106 Å². The lowest BCUT2D eigenvalue weighted by Crippen LogP contribution is -2.20. The highest BCUT2D eigenvalue weighted by Gasteiger charge is 2.19. The minimum Gasteiger partial charge on any atom is -0.478 e. The second-order valence-electron chi connectivity index (χ2n) is 4.76. The van der Waals surface area contributed by atoms with Gasteiger partial charge in [-0.15, -0.1) is 0 Å². The fraction of sp³-hybridized carbons (Fsp3) is 0.500. The van der Waals surface area contributed by atoms with E-state index in [-0.39, 0.29) is 5.56 Å². The van der Waals surface area contributed by atoms with Crippen molar-refractivity contribution >= 4 is 17.5 Å². The average molecular weight is 250 g/mol. The molecule has 4 N–H and O–H groups in total. The molecule has 0 amide bonds. The van der Waals surface area contributed by atoms with Gasteiger partial charge in [0.1, 0.15) is 5.82 Å². The lowest BCUT2D eigenvalue weighted by molar-refractivity contribution is 0.0696. The summed E-state index contributed by atoms with van der Waals surface area (Å²) in [6.45, 7) is 3.00. The van der Waals surface area contributed by atoms with Crippen LogP contribution in [0, 0.1) is 5.92 Å². The van der Waals surface area contributed by atoms with E-state index in [1.165, 1.54) is 12.3 Å². The van der Waals surface area contributed by atoms with E-state index in [2.05, 4.69) is 22.2 Å². The monoisotopic (exact) mass is 250 g/mol. The zero-order valence-electron chi connectivity index (χ0n) is 10.4. The maximum atomic E-state index is 10.7. The van der Waals surface area contributed by atoms with Gasteiger partial charge in [0.05, 0.1) is 11.3 Å². The number of aromatic nitrogens is 1. The Morgan fingerprint density at radius 3 is 3.06 bits per heavy atom. The summed E-state index contributed by atoms with van der Waals surface area (Å²) >= 11 is 0. The second kappa shape index (κ2) is 5.22. The summed E-state index contributed by atoms with van der Waals surface area (Å²) in [7, 11) is 2.11. The number of anilines is 2. The van der Waals surface area contributed by atoms with Crippen molar-refractivity contribution in [3.63, 3.8) is 0 Å². The van der Waals surface area contributed by atoms with E-state index >= 15 is 0 Å². The van der Waals surface area contributed by atoms with Gasteiger partial charge in [-0.3, -0.25) is 0 Å². The Morgan fingerprint density at radius 2 is 2.50 bits per heavy atom. The third-order valence-corrected chi connectivity index (χ3v) is 3.21. The van der Waals surface area contributed by atoms with Gasteiger partial charge in [-0.1, -0.05) is 0 Å². The Morgan fingerprint density at radius 1 is 1.72 bits per heavy atom. The topological polar surface area (TPSA) is 91.5 Å². The zero-order chi connectivity index (χ0) is 13.1.